The van der Waals surface area contributed by atoms with E-state index in [2.05, 4.69) is 53.3 Å². The lowest BCUT2D eigenvalue weighted by molar-refractivity contribution is -0.117. The Hall–Kier alpha value is -1.15. The van der Waals surface area contributed by atoms with Crippen LogP contribution >= 0.6 is 0 Å². The molecule has 0 radical (unpaired) electrons. The van der Waals surface area contributed by atoms with E-state index in [1.54, 1.807) is 5.57 Å². The fraction of sp³-hybridized carbons (Fsp3) is 0.750. The third-order valence-corrected chi connectivity index (χ3v) is 9.04. The van der Waals surface area contributed by atoms with E-state index in [1.165, 1.54) is 44.9 Å². The van der Waals surface area contributed by atoms with E-state index in [9.17, 15) is 9.90 Å². The van der Waals surface area contributed by atoms with E-state index in [0.29, 0.717) is 23.3 Å². The van der Waals surface area contributed by atoms with Crippen molar-refractivity contribution in [1.29, 1.82) is 0 Å². The largest absolute Gasteiger partial charge is 0.392 e. The van der Waals surface area contributed by atoms with Crippen LogP contribution in [0.2, 0.25) is 0 Å². The third-order valence-electron chi connectivity index (χ3n) is 9.04. The monoisotopic (exact) mass is 412 g/mol. The Kier molecular flexibility index (Phi) is 7.49. The van der Waals surface area contributed by atoms with E-state index >= 15 is 0 Å². The Morgan fingerprint density at radius 1 is 1.13 bits per heavy atom. The highest BCUT2D eigenvalue weighted by atomic mass is 16.3. The molecule has 3 aliphatic rings. The maximum Gasteiger partial charge on any atom is 0.165 e. The molecule has 168 valence electrons. The third kappa shape index (κ3) is 4.85. The van der Waals surface area contributed by atoms with Crippen molar-refractivity contribution in [3.63, 3.8) is 0 Å². The summed E-state index contributed by atoms with van der Waals surface area (Å²) in [5, 5.41) is 9.99. The molecule has 3 saturated carbocycles. The van der Waals surface area contributed by atoms with E-state index in [1.807, 2.05) is 0 Å². The van der Waals surface area contributed by atoms with Crippen molar-refractivity contribution in [3.8, 4) is 0 Å². The molecule has 1 N–H and O–H groups in total. The summed E-state index contributed by atoms with van der Waals surface area (Å²) in [6, 6.07) is 0. The first-order valence-corrected chi connectivity index (χ1v) is 12.4. The molecule has 0 aliphatic heterocycles. The maximum atomic E-state index is 12.0. The highest BCUT2D eigenvalue weighted by Gasteiger charge is 2.50. The van der Waals surface area contributed by atoms with Crippen LogP contribution in [0.15, 0.2) is 35.5 Å². The average molecular weight is 413 g/mol. The number of hydrogen-bond donors (Lipinski definition) is 1. The van der Waals surface area contributed by atoms with Gasteiger partial charge in [-0.1, -0.05) is 71.8 Å². The van der Waals surface area contributed by atoms with Crippen molar-refractivity contribution in [2.75, 3.05) is 0 Å². The molecule has 6 atom stereocenters. The predicted molar refractivity (Wildman–Crippen MR) is 126 cm³/mol. The summed E-state index contributed by atoms with van der Waals surface area (Å²) in [5.41, 5.74) is 3.53. The highest BCUT2D eigenvalue weighted by Crippen LogP contribution is 2.60. The number of allylic oxidation sites excluding steroid dienone is 4. The molecule has 0 saturated heterocycles. The van der Waals surface area contributed by atoms with Crippen molar-refractivity contribution >= 4 is 5.78 Å². The van der Waals surface area contributed by atoms with Gasteiger partial charge in [0.05, 0.1) is 6.10 Å². The SMILES string of the molecule is C=C1C(=O)C[C@@H](O)C/C1=C/C=C1\CCC[C@]2(C)C([C@H](C)CCC(C)C(C)C)CC[C@@H]12. The summed E-state index contributed by atoms with van der Waals surface area (Å²) < 4.78 is 0. The Morgan fingerprint density at radius 3 is 2.57 bits per heavy atom. The highest BCUT2D eigenvalue weighted by molar-refractivity contribution is 6.00. The first-order valence-electron chi connectivity index (χ1n) is 12.4. The Morgan fingerprint density at radius 2 is 1.87 bits per heavy atom. The van der Waals surface area contributed by atoms with Gasteiger partial charge in [-0.05, 0) is 79.1 Å². The van der Waals surface area contributed by atoms with Crippen LogP contribution in [-0.2, 0) is 4.79 Å². The fourth-order valence-electron chi connectivity index (χ4n) is 6.62. The molecule has 0 bridgehead atoms. The number of aliphatic hydroxyl groups excluding tert-OH is 1. The lowest BCUT2D eigenvalue weighted by Crippen LogP contribution is -2.36. The number of carbonyl (C=O) groups is 1. The normalized spacial score (nSPS) is 37.1. The minimum absolute atomic E-state index is 0.00253. The summed E-state index contributed by atoms with van der Waals surface area (Å²) >= 11 is 0. The summed E-state index contributed by atoms with van der Waals surface area (Å²) in [4.78, 5) is 12.0. The van der Waals surface area contributed by atoms with Crippen molar-refractivity contribution < 1.29 is 9.90 Å². The van der Waals surface area contributed by atoms with Crippen LogP contribution in [0.25, 0.3) is 0 Å². The molecule has 2 heteroatoms. The number of aliphatic hydroxyl groups is 1. The van der Waals surface area contributed by atoms with Gasteiger partial charge in [-0.15, -0.1) is 0 Å². The first-order chi connectivity index (χ1) is 14.1. The van der Waals surface area contributed by atoms with Crippen LogP contribution in [0.3, 0.4) is 0 Å². The Labute approximate surface area is 184 Å². The van der Waals surface area contributed by atoms with E-state index in [4.69, 9.17) is 0 Å². The van der Waals surface area contributed by atoms with Crippen LogP contribution in [-0.4, -0.2) is 17.0 Å². The molecule has 0 aromatic rings. The second-order valence-corrected chi connectivity index (χ2v) is 11.3. The molecular weight excluding hydrogens is 368 g/mol. The quantitative estimate of drug-likeness (QED) is 0.475. The number of hydrogen-bond acceptors (Lipinski definition) is 2. The second kappa shape index (κ2) is 9.55. The van der Waals surface area contributed by atoms with Gasteiger partial charge in [0.25, 0.3) is 0 Å². The van der Waals surface area contributed by atoms with Gasteiger partial charge < -0.3 is 5.11 Å². The number of carbonyl (C=O) groups excluding carboxylic acids is 1. The molecule has 3 fully saturated rings. The Bertz CT molecular complexity index is 712. The summed E-state index contributed by atoms with van der Waals surface area (Å²) in [6.07, 6.45) is 13.8. The van der Waals surface area contributed by atoms with Gasteiger partial charge in [0.2, 0.25) is 0 Å². The first kappa shape index (κ1) is 23.5. The minimum atomic E-state index is -0.547. The van der Waals surface area contributed by atoms with Gasteiger partial charge in [-0.25, -0.2) is 0 Å². The molecule has 3 rings (SSSR count). The zero-order chi connectivity index (χ0) is 22.1. The molecule has 0 heterocycles. The van der Waals surface area contributed by atoms with Crippen molar-refractivity contribution in [3.05, 3.63) is 35.5 Å². The molecule has 30 heavy (non-hydrogen) atoms. The number of fused-ring (bicyclic) bond motifs is 1. The van der Waals surface area contributed by atoms with Gasteiger partial charge in [-0.2, -0.15) is 0 Å². The summed E-state index contributed by atoms with van der Waals surface area (Å²) in [5.74, 6) is 3.89. The standard InChI is InChI=1S/C28H44O2/c1-18(2)19(3)9-10-20(4)25-13-14-26-22(8-7-15-28(25,26)6)11-12-23-16-24(29)17-27(30)21(23)5/h11-12,18-20,24-26,29H,5,7-10,13-17H2,1-4,6H3/b22-11+,23-12-/t19?,20-,24+,25?,26+,28-/m1/s1. The summed E-state index contributed by atoms with van der Waals surface area (Å²) in [7, 11) is 0. The van der Waals surface area contributed by atoms with Crippen LogP contribution in [0.4, 0.5) is 0 Å². The van der Waals surface area contributed by atoms with Crippen molar-refractivity contribution in [1.82, 2.24) is 0 Å². The number of ketones is 1. The number of Topliss-reactive ketones (excluding diaryl/α,β-unsaturated/α-hetero) is 1. The van der Waals surface area contributed by atoms with Crippen LogP contribution in [0.1, 0.15) is 92.4 Å². The van der Waals surface area contributed by atoms with E-state index < -0.39 is 6.10 Å². The molecule has 0 spiro atoms. The molecular formula is C28H44O2. The maximum absolute atomic E-state index is 12.0. The van der Waals surface area contributed by atoms with Crippen molar-refractivity contribution in [2.24, 2.45) is 35.0 Å². The lowest BCUT2D eigenvalue weighted by atomic mass is 9.60. The molecule has 0 aromatic carbocycles. The zero-order valence-electron chi connectivity index (χ0n) is 20.0. The van der Waals surface area contributed by atoms with Crippen LogP contribution in [0.5, 0.6) is 0 Å². The van der Waals surface area contributed by atoms with Gasteiger partial charge in [0.15, 0.2) is 5.78 Å². The van der Waals surface area contributed by atoms with Crippen LogP contribution < -0.4 is 0 Å². The van der Waals surface area contributed by atoms with Gasteiger partial charge in [0.1, 0.15) is 0 Å². The molecule has 3 aliphatic carbocycles. The topological polar surface area (TPSA) is 37.3 Å². The molecule has 0 amide bonds. The van der Waals surface area contributed by atoms with E-state index in [-0.39, 0.29) is 12.2 Å². The van der Waals surface area contributed by atoms with Crippen LogP contribution in [0, 0.1) is 35.0 Å². The Balaban J connectivity index is 1.72. The zero-order valence-corrected chi connectivity index (χ0v) is 20.0. The fourth-order valence-corrected chi connectivity index (χ4v) is 6.62. The van der Waals surface area contributed by atoms with Crippen molar-refractivity contribution in [2.45, 2.75) is 98.5 Å². The molecule has 0 aromatic heterocycles. The summed E-state index contributed by atoms with van der Waals surface area (Å²) in [6.45, 7) is 16.2. The van der Waals surface area contributed by atoms with Gasteiger partial charge in [0, 0.05) is 12.0 Å². The molecule has 2 nitrogen and oxygen atoms in total. The lowest BCUT2D eigenvalue weighted by Gasteiger charge is -2.44. The van der Waals surface area contributed by atoms with E-state index in [0.717, 1.165) is 29.2 Å². The predicted octanol–water partition coefficient (Wildman–Crippen LogP) is 7.04. The van der Waals surface area contributed by atoms with Gasteiger partial charge >= 0.3 is 0 Å². The molecule has 2 unspecified atom stereocenters. The van der Waals surface area contributed by atoms with Gasteiger partial charge in [-0.3, -0.25) is 4.79 Å². The minimum Gasteiger partial charge on any atom is -0.392 e. The second-order valence-electron chi connectivity index (χ2n) is 11.3. The number of rotatable bonds is 6. The average Bonchev–Trinajstić information content (AvgIpc) is 3.04. The smallest absolute Gasteiger partial charge is 0.165 e.